The molecule has 0 saturated heterocycles. The quantitative estimate of drug-likeness (QED) is 0.838. The summed E-state index contributed by atoms with van der Waals surface area (Å²) in [5.41, 5.74) is 6.22. The molecule has 0 heterocycles. The molecule has 1 aromatic carbocycles. The lowest BCUT2D eigenvalue weighted by atomic mass is 10.2. The molecule has 86 valence electrons. The molecule has 2 N–H and O–H groups in total. The van der Waals surface area contributed by atoms with Gasteiger partial charge in [0, 0.05) is 18.6 Å². The largest absolute Gasteiger partial charge is 0.393 e. The molecule has 1 aromatic rings. The summed E-state index contributed by atoms with van der Waals surface area (Å²) in [6.07, 6.45) is 0.0935. The van der Waals surface area contributed by atoms with Gasteiger partial charge in [-0.3, -0.25) is 4.79 Å². The Bertz CT molecular complexity index is 409. The van der Waals surface area contributed by atoms with Gasteiger partial charge in [-0.15, -0.1) is 0 Å². The van der Waals surface area contributed by atoms with Gasteiger partial charge >= 0.3 is 0 Å². The van der Waals surface area contributed by atoms with Crippen molar-refractivity contribution in [1.82, 2.24) is 4.90 Å². The van der Waals surface area contributed by atoms with Gasteiger partial charge < -0.3 is 10.6 Å². The van der Waals surface area contributed by atoms with E-state index in [0.717, 1.165) is 5.56 Å². The second-order valence-electron chi connectivity index (χ2n) is 3.48. The first-order valence-corrected chi connectivity index (χ1v) is 5.55. The third-order valence-corrected chi connectivity index (χ3v) is 2.63. The number of nitrogens with zero attached hydrogens (tertiary/aromatic N) is 1. The van der Waals surface area contributed by atoms with Crippen molar-refractivity contribution in [2.45, 2.75) is 13.0 Å². The second-order valence-corrected chi connectivity index (χ2v) is 4.42. The van der Waals surface area contributed by atoms with Gasteiger partial charge in [-0.1, -0.05) is 42.0 Å². The molecule has 16 heavy (non-hydrogen) atoms. The Kier molecular flexibility index (Phi) is 4.71. The Morgan fingerprint density at radius 1 is 1.50 bits per heavy atom. The third kappa shape index (κ3) is 3.79. The van der Waals surface area contributed by atoms with Crippen LogP contribution >= 0.6 is 23.8 Å². The summed E-state index contributed by atoms with van der Waals surface area (Å²) in [6, 6.07) is 7.41. The lowest BCUT2D eigenvalue weighted by Crippen LogP contribution is -2.29. The van der Waals surface area contributed by atoms with Gasteiger partial charge in [0.2, 0.25) is 5.91 Å². The molecule has 0 saturated carbocycles. The minimum absolute atomic E-state index is 0.0935. The summed E-state index contributed by atoms with van der Waals surface area (Å²) in [6.45, 7) is 0.459. The molecule has 0 aliphatic heterocycles. The first kappa shape index (κ1) is 12.9. The zero-order valence-electron chi connectivity index (χ0n) is 8.94. The van der Waals surface area contributed by atoms with Crippen molar-refractivity contribution in [1.29, 1.82) is 0 Å². The fourth-order valence-electron chi connectivity index (χ4n) is 1.25. The summed E-state index contributed by atoms with van der Waals surface area (Å²) < 4.78 is 0. The van der Waals surface area contributed by atoms with Crippen LogP contribution in [0.4, 0.5) is 0 Å². The zero-order chi connectivity index (χ0) is 12.1. The predicted molar refractivity (Wildman–Crippen MR) is 69.3 cm³/mol. The van der Waals surface area contributed by atoms with Crippen LogP contribution in [-0.2, 0) is 11.3 Å². The fourth-order valence-corrected chi connectivity index (χ4v) is 1.57. The summed E-state index contributed by atoms with van der Waals surface area (Å²) >= 11 is 10.7. The van der Waals surface area contributed by atoms with Crippen LogP contribution in [0, 0.1) is 0 Å². The molecule has 0 bridgehead atoms. The molecular weight excluding hydrogens is 244 g/mol. The zero-order valence-corrected chi connectivity index (χ0v) is 10.5. The molecule has 0 aliphatic carbocycles. The van der Waals surface area contributed by atoms with Crippen LogP contribution < -0.4 is 5.73 Å². The average molecular weight is 257 g/mol. The van der Waals surface area contributed by atoms with Gasteiger partial charge in [-0.25, -0.2) is 0 Å². The second kappa shape index (κ2) is 5.82. The molecule has 3 nitrogen and oxygen atoms in total. The van der Waals surface area contributed by atoms with Crippen molar-refractivity contribution < 1.29 is 4.79 Å². The SMILES string of the molecule is CN(Cc1ccccc1Cl)C(=O)CC(N)=S. The van der Waals surface area contributed by atoms with Gasteiger partial charge in [-0.05, 0) is 11.6 Å². The van der Waals surface area contributed by atoms with Crippen LogP contribution in [0.2, 0.25) is 5.02 Å². The standard InChI is InChI=1S/C11H13ClN2OS/c1-14(11(15)6-10(13)16)7-8-4-2-3-5-9(8)12/h2-5H,6-7H2,1H3,(H2,13,16). The molecule has 0 aliphatic rings. The molecule has 1 amide bonds. The Labute approximate surface area is 105 Å². The first-order chi connectivity index (χ1) is 7.50. The minimum atomic E-state index is -0.104. The number of nitrogens with two attached hydrogens (primary N) is 1. The molecule has 0 atom stereocenters. The van der Waals surface area contributed by atoms with Crippen molar-refractivity contribution >= 4 is 34.7 Å². The topological polar surface area (TPSA) is 46.3 Å². The smallest absolute Gasteiger partial charge is 0.229 e. The van der Waals surface area contributed by atoms with E-state index in [1.807, 2.05) is 18.2 Å². The van der Waals surface area contributed by atoms with Crippen molar-refractivity contribution in [3.05, 3.63) is 34.9 Å². The normalized spacial score (nSPS) is 9.88. The Hall–Kier alpha value is -1.13. The highest BCUT2D eigenvalue weighted by Gasteiger charge is 2.11. The van der Waals surface area contributed by atoms with E-state index >= 15 is 0 Å². The molecule has 5 heteroatoms. The Morgan fingerprint density at radius 2 is 2.12 bits per heavy atom. The Balaban J connectivity index is 2.64. The maximum atomic E-state index is 11.6. The molecule has 1 rings (SSSR count). The maximum Gasteiger partial charge on any atom is 0.229 e. The average Bonchev–Trinajstić information content (AvgIpc) is 2.20. The lowest BCUT2D eigenvalue weighted by molar-refractivity contribution is -0.129. The predicted octanol–water partition coefficient (Wildman–Crippen LogP) is 1.97. The van der Waals surface area contributed by atoms with Crippen LogP contribution in [0.1, 0.15) is 12.0 Å². The van der Waals surface area contributed by atoms with E-state index < -0.39 is 0 Å². The van der Waals surface area contributed by atoms with Crippen LogP contribution in [0.3, 0.4) is 0 Å². The number of hydrogen-bond donors (Lipinski definition) is 1. The number of benzene rings is 1. The molecular formula is C11H13ClN2OS. The van der Waals surface area contributed by atoms with Gasteiger partial charge in [0.05, 0.1) is 11.4 Å². The number of rotatable bonds is 4. The third-order valence-electron chi connectivity index (χ3n) is 2.12. The van der Waals surface area contributed by atoms with Crippen LogP contribution in [0.25, 0.3) is 0 Å². The Morgan fingerprint density at radius 3 is 2.69 bits per heavy atom. The van der Waals surface area contributed by atoms with Crippen LogP contribution in [0.5, 0.6) is 0 Å². The monoisotopic (exact) mass is 256 g/mol. The van der Waals surface area contributed by atoms with Gasteiger partial charge in [0.15, 0.2) is 0 Å². The van der Waals surface area contributed by atoms with Gasteiger partial charge in [0.1, 0.15) is 0 Å². The first-order valence-electron chi connectivity index (χ1n) is 4.76. The molecule has 0 radical (unpaired) electrons. The number of carbonyl (C=O) groups is 1. The van der Waals surface area contributed by atoms with E-state index in [9.17, 15) is 4.79 Å². The number of amides is 1. The van der Waals surface area contributed by atoms with E-state index in [2.05, 4.69) is 12.2 Å². The van der Waals surface area contributed by atoms with E-state index in [1.54, 1.807) is 18.0 Å². The van der Waals surface area contributed by atoms with Crippen LogP contribution in [0.15, 0.2) is 24.3 Å². The number of hydrogen-bond acceptors (Lipinski definition) is 2. The lowest BCUT2D eigenvalue weighted by Gasteiger charge is -2.17. The van der Waals surface area contributed by atoms with Crippen molar-refractivity contribution in [2.75, 3.05) is 7.05 Å². The van der Waals surface area contributed by atoms with E-state index in [4.69, 9.17) is 17.3 Å². The summed E-state index contributed by atoms with van der Waals surface area (Å²) in [7, 11) is 1.70. The van der Waals surface area contributed by atoms with Crippen LogP contribution in [-0.4, -0.2) is 22.8 Å². The summed E-state index contributed by atoms with van der Waals surface area (Å²) in [4.78, 5) is 13.3. The maximum absolute atomic E-state index is 11.6. The van der Waals surface area contributed by atoms with Crippen molar-refractivity contribution in [3.8, 4) is 0 Å². The number of thiocarbonyl (C=S) groups is 1. The minimum Gasteiger partial charge on any atom is -0.393 e. The molecule has 0 fully saturated rings. The molecule has 0 unspecified atom stereocenters. The summed E-state index contributed by atoms with van der Waals surface area (Å²) in [5, 5.41) is 0.650. The van der Waals surface area contributed by atoms with E-state index in [1.165, 1.54) is 0 Å². The summed E-state index contributed by atoms with van der Waals surface area (Å²) in [5.74, 6) is -0.104. The number of halogens is 1. The van der Waals surface area contributed by atoms with Crippen molar-refractivity contribution in [3.63, 3.8) is 0 Å². The van der Waals surface area contributed by atoms with Crippen molar-refractivity contribution in [2.24, 2.45) is 5.73 Å². The highest BCUT2D eigenvalue weighted by Crippen LogP contribution is 2.16. The van der Waals surface area contributed by atoms with Gasteiger partial charge in [0.25, 0.3) is 0 Å². The molecule has 0 aromatic heterocycles. The molecule has 0 spiro atoms. The van der Waals surface area contributed by atoms with E-state index in [-0.39, 0.29) is 17.3 Å². The highest BCUT2D eigenvalue weighted by atomic mass is 35.5. The van der Waals surface area contributed by atoms with E-state index in [0.29, 0.717) is 11.6 Å². The number of carbonyl (C=O) groups excluding carboxylic acids is 1. The highest BCUT2D eigenvalue weighted by molar-refractivity contribution is 7.80. The fraction of sp³-hybridized carbons (Fsp3) is 0.273. The van der Waals surface area contributed by atoms with Gasteiger partial charge in [-0.2, -0.15) is 0 Å².